The number of ether oxygens (including phenoxy) is 3. The lowest BCUT2D eigenvalue weighted by Crippen LogP contribution is -2.47. The Morgan fingerprint density at radius 3 is 2.39 bits per heavy atom. The van der Waals surface area contributed by atoms with Gasteiger partial charge in [0.25, 0.3) is 5.91 Å². The molecule has 0 fully saturated rings. The molecule has 0 bridgehead atoms. The molecule has 0 radical (unpaired) electrons. The van der Waals surface area contributed by atoms with E-state index in [4.69, 9.17) is 37.4 Å². The highest BCUT2D eigenvalue weighted by Crippen LogP contribution is 2.56. The number of methoxy groups -OCH3 is 1. The number of nitrogens with one attached hydrogen (secondary N) is 1. The lowest BCUT2D eigenvalue weighted by Gasteiger charge is -2.30. The van der Waals surface area contributed by atoms with E-state index < -0.39 is 34.6 Å². The molecule has 3 aromatic carbocycles. The Morgan fingerprint density at radius 1 is 1.09 bits per heavy atom. The van der Waals surface area contributed by atoms with Crippen LogP contribution in [0.3, 0.4) is 0 Å². The molecule has 2 aliphatic rings. The maximum absolute atomic E-state index is 13.7. The number of halogens is 2. The fourth-order valence-corrected chi connectivity index (χ4v) is 6.19. The van der Waals surface area contributed by atoms with Gasteiger partial charge < -0.3 is 24.6 Å². The number of rotatable bonds is 8. The van der Waals surface area contributed by atoms with E-state index in [0.717, 1.165) is 35.3 Å². The molecule has 3 aromatic rings. The second-order valence-electron chi connectivity index (χ2n) is 11.0. The molecular weight excluding hydrogens is 609 g/mol. The zero-order chi connectivity index (χ0) is 32.1. The summed E-state index contributed by atoms with van der Waals surface area (Å²) in [5.41, 5.74) is 1.64. The number of aromatic hydroxyl groups is 1. The van der Waals surface area contributed by atoms with Gasteiger partial charge in [-0.3, -0.25) is 19.2 Å². The van der Waals surface area contributed by atoms with E-state index in [9.17, 15) is 24.3 Å². The molecule has 0 spiro atoms. The van der Waals surface area contributed by atoms with Gasteiger partial charge in [-0.1, -0.05) is 29.3 Å². The van der Waals surface area contributed by atoms with E-state index in [-0.39, 0.29) is 47.3 Å². The largest absolute Gasteiger partial charge is 0.507 e. The second-order valence-corrected chi connectivity index (χ2v) is 11.8. The van der Waals surface area contributed by atoms with Crippen LogP contribution in [0.15, 0.2) is 48.2 Å². The number of hydrogen-bond acceptors (Lipinski definition) is 8. The Morgan fingerprint density at radius 2 is 1.77 bits per heavy atom. The fraction of sp³-hybridized carbons (Fsp3) is 0.273. The maximum Gasteiger partial charge on any atom is 0.259 e. The molecule has 44 heavy (non-hydrogen) atoms. The third-order valence-electron chi connectivity index (χ3n) is 8.10. The molecule has 0 aromatic heterocycles. The van der Waals surface area contributed by atoms with Gasteiger partial charge in [0.1, 0.15) is 52.3 Å². The van der Waals surface area contributed by atoms with Crippen molar-refractivity contribution in [3.63, 3.8) is 0 Å². The predicted molar refractivity (Wildman–Crippen MR) is 163 cm³/mol. The van der Waals surface area contributed by atoms with Gasteiger partial charge in [-0.2, -0.15) is 0 Å². The van der Waals surface area contributed by atoms with Crippen LogP contribution < -0.4 is 19.5 Å². The number of hydrogen-bond donors (Lipinski definition) is 2. The summed E-state index contributed by atoms with van der Waals surface area (Å²) in [6.45, 7) is 6.77. The lowest BCUT2D eigenvalue weighted by molar-refractivity contribution is -0.140. The number of carbonyl (C=O) groups excluding carboxylic acids is 4. The molecule has 0 saturated heterocycles. The fourth-order valence-electron chi connectivity index (χ4n) is 5.72. The summed E-state index contributed by atoms with van der Waals surface area (Å²) in [4.78, 5) is 51.9. The van der Waals surface area contributed by atoms with Gasteiger partial charge in [-0.15, -0.1) is 0 Å². The summed E-state index contributed by atoms with van der Waals surface area (Å²) >= 11 is 12.2. The van der Waals surface area contributed by atoms with Crippen molar-refractivity contribution in [1.82, 2.24) is 5.32 Å². The van der Waals surface area contributed by atoms with Crippen LogP contribution in [0.25, 0.3) is 0 Å². The molecule has 1 heterocycles. The Bertz CT molecular complexity index is 1770. The number of amides is 1. The van der Waals surface area contributed by atoms with E-state index in [2.05, 4.69) is 5.32 Å². The number of carbonyl (C=O) groups is 4. The van der Waals surface area contributed by atoms with Crippen LogP contribution in [0.4, 0.5) is 0 Å². The Kier molecular flexibility index (Phi) is 8.22. The van der Waals surface area contributed by atoms with Crippen LogP contribution >= 0.6 is 23.2 Å². The topological polar surface area (TPSA) is 128 Å². The Hall–Kier alpha value is -4.34. The Balaban J connectivity index is 1.41. The van der Waals surface area contributed by atoms with Crippen LogP contribution in [0.5, 0.6) is 23.0 Å². The van der Waals surface area contributed by atoms with Gasteiger partial charge in [-0.25, -0.2) is 0 Å². The van der Waals surface area contributed by atoms with Gasteiger partial charge in [0, 0.05) is 34.3 Å². The van der Waals surface area contributed by atoms with Gasteiger partial charge >= 0.3 is 0 Å². The van der Waals surface area contributed by atoms with Crippen molar-refractivity contribution < 1.29 is 38.5 Å². The lowest BCUT2D eigenvalue weighted by atomic mass is 9.67. The Labute approximate surface area is 263 Å². The first-order valence-electron chi connectivity index (χ1n) is 13.7. The van der Waals surface area contributed by atoms with Crippen LogP contribution in [0, 0.1) is 19.8 Å². The molecule has 5 rings (SSSR count). The van der Waals surface area contributed by atoms with Crippen molar-refractivity contribution in [2.75, 3.05) is 7.11 Å². The SMILES string of the molecule is COc1cc(O)c2c(c1C(=O)NCc1c(C)cc(OCc3ccc(Cl)cc3Cl)cc1C)OC1=CC(=O)C(C(C)=O)C(=O)[C@]12C. The van der Waals surface area contributed by atoms with Crippen molar-refractivity contribution in [3.8, 4) is 23.0 Å². The number of allylic oxidation sites excluding steroid dienone is 2. The molecule has 1 aliphatic heterocycles. The van der Waals surface area contributed by atoms with Crippen LogP contribution in [0.2, 0.25) is 10.0 Å². The molecule has 2 atom stereocenters. The number of phenols is 1. The summed E-state index contributed by atoms with van der Waals surface area (Å²) in [5.74, 6) is -4.12. The monoisotopic (exact) mass is 637 g/mol. The highest BCUT2D eigenvalue weighted by Gasteiger charge is 2.58. The van der Waals surface area contributed by atoms with Crippen LogP contribution in [0.1, 0.15) is 52.0 Å². The third-order valence-corrected chi connectivity index (χ3v) is 8.69. The van der Waals surface area contributed by atoms with Gasteiger partial charge in [-0.05, 0) is 68.7 Å². The van der Waals surface area contributed by atoms with E-state index in [1.807, 2.05) is 26.0 Å². The molecule has 2 N–H and O–H groups in total. The molecule has 228 valence electrons. The first-order chi connectivity index (χ1) is 20.8. The number of ketones is 3. The first-order valence-corrected chi connectivity index (χ1v) is 14.4. The predicted octanol–water partition coefficient (Wildman–Crippen LogP) is 5.72. The molecule has 9 nitrogen and oxygen atoms in total. The number of fused-ring (bicyclic) bond motifs is 3. The third kappa shape index (κ3) is 5.20. The second kappa shape index (κ2) is 11.6. The number of benzene rings is 3. The standard InChI is InChI=1S/C33H29Cl2NO8/c1-15-8-20(43-14-18-6-7-19(34)10-22(18)35)9-16(2)21(15)13-36-32(41)28-25(42-5)11-24(39)29-30(28)44-26-12-23(38)27(17(3)37)31(40)33(26,29)4/h6-12,27,39H,13-14H2,1-5H3,(H,36,41)/t27?,33-/m1/s1. The van der Waals surface area contributed by atoms with E-state index in [1.165, 1.54) is 20.1 Å². The van der Waals surface area contributed by atoms with E-state index >= 15 is 0 Å². The van der Waals surface area contributed by atoms with Crippen molar-refractivity contribution in [1.29, 1.82) is 0 Å². The molecule has 1 aliphatic carbocycles. The molecule has 1 unspecified atom stereocenters. The van der Waals surface area contributed by atoms with Gasteiger partial charge in [0.2, 0.25) is 0 Å². The molecule has 1 amide bonds. The average molecular weight is 639 g/mol. The zero-order valence-electron chi connectivity index (χ0n) is 24.6. The maximum atomic E-state index is 13.7. The van der Waals surface area contributed by atoms with Crippen LogP contribution in [-0.4, -0.2) is 35.5 Å². The summed E-state index contributed by atoms with van der Waals surface area (Å²) in [6, 6.07) is 10.1. The smallest absolute Gasteiger partial charge is 0.259 e. The first kappa shape index (κ1) is 31.1. The summed E-state index contributed by atoms with van der Waals surface area (Å²) in [7, 11) is 1.33. The van der Waals surface area contributed by atoms with E-state index in [1.54, 1.807) is 18.2 Å². The molecule has 0 saturated carbocycles. The normalized spacial score (nSPS) is 18.6. The van der Waals surface area contributed by atoms with Crippen LogP contribution in [-0.2, 0) is 33.0 Å². The molecular formula is C33H29Cl2NO8. The average Bonchev–Trinajstić information content (AvgIpc) is 3.25. The van der Waals surface area contributed by atoms with Crippen molar-refractivity contribution in [3.05, 3.63) is 91.7 Å². The minimum absolute atomic E-state index is 0.00143. The van der Waals surface area contributed by atoms with Crippen molar-refractivity contribution in [2.45, 2.75) is 46.3 Å². The zero-order valence-corrected chi connectivity index (χ0v) is 26.1. The highest BCUT2D eigenvalue weighted by atomic mass is 35.5. The summed E-state index contributed by atoms with van der Waals surface area (Å²) in [6.07, 6.45) is 1.08. The quantitative estimate of drug-likeness (QED) is 0.300. The van der Waals surface area contributed by atoms with Crippen molar-refractivity contribution in [2.24, 2.45) is 5.92 Å². The van der Waals surface area contributed by atoms with Crippen molar-refractivity contribution >= 4 is 46.5 Å². The van der Waals surface area contributed by atoms with Gasteiger partial charge in [0.05, 0.1) is 12.7 Å². The van der Waals surface area contributed by atoms with E-state index in [0.29, 0.717) is 15.8 Å². The molecule has 11 heteroatoms. The number of aryl methyl sites for hydroxylation is 2. The number of phenolic OH excluding ortho intramolecular Hbond substituents is 1. The minimum atomic E-state index is -1.65. The summed E-state index contributed by atoms with van der Waals surface area (Å²) in [5, 5.41) is 14.9. The number of Topliss-reactive ketones (excluding diaryl/α,β-unsaturated/α-hetero) is 2. The highest BCUT2D eigenvalue weighted by molar-refractivity contribution is 6.35. The van der Waals surface area contributed by atoms with Gasteiger partial charge in [0.15, 0.2) is 17.3 Å². The summed E-state index contributed by atoms with van der Waals surface area (Å²) < 4.78 is 17.3. The minimum Gasteiger partial charge on any atom is -0.507 e.